The summed E-state index contributed by atoms with van der Waals surface area (Å²) in [4.78, 5) is 11.9. The van der Waals surface area contributed by atoms with Gasteiger partial charge in [-0.3, -0.25) is 4.79 Å². The Kier molecular flexibility index (Phi) is 3.15. The Morgan fingerprint density at radius 2 is 2.18 bits per heavy atom. The van der Waals surface area contributed by atoms with Gasteiger partial charge in [-0.05, 0) is 37.6 Å². The Morgan fingerprint density at radius 1 is 1.41 bits per heavy atom. The SMILES string of the molecule is Cc1cc(Cl)ccc1NC(=O)c1conc1C. The van der Waals surface area contributed by atoms with E-state index in [1.165, 1.54) is 6.26 Å². The number of nitrogens with one attached hydrogen (secondary N) is 1. The van der Waals surface area contributed by atoms with Gasteiger partial charge in [0.1, 0.15) is 11.8 Å². The smallest absolute Gasteiger partial charge is 0.260 e. The second kappa shape index (κ2) is 4.59. The molecule has 0 radical (unpaired) electrons. The highest BCUT2D eigenvalue weighted by atomic mass is 35.5. The topological polar surface area (TPSA) is 55.1 Å². The van der Waals surface area contributed by atoms with Gasteiger partial charge in [-0.2, -0.15) is 0 Å². The van der Waals surface area contributed by atoms with E-state index in [0.29, 0.717) is 16.3 Å². The first kappa shape index (κ1) is 11.7. The van der Waals surface area contributed by atoms with Crippen molar-refractivity contribution in [3.63, 3.8) is 0 Å². The summed E-state index contributed by atoms with van der Waals surface area (Å²) in [5.74, 6) is -0.242. The molecular formula is C12H11ClN2O2. The molecule has 0 aliphatic carbocycles. The van der Waals surface area contributed by atoms with Crippen LogP contribution < -0.4 is 5.32 Å². The van der Waals surface area contributed by atoms with E-state index in [2.05, 4.69) is 10.5 Å². The molecular weight excluding hydrogens is 240 g/mol. The minimum Gasteiger partial charge on any atom is -0.364 e. The Balaban J connectivity index is 2.22. The highest BCUT2D eigenvalue weighted by Crippen LogP contribution is 2.20. The molecule has 1 aromatic heterocycles. The Labute approximate surface area is 104 Å². The lowest BCUT2D eigenvalue weighted by Crippen LogP contribution is -2.13. The van der Waals surface area contributed by atoms with Crippen molar-refractivity contribution >= 4 is 23.2 Å². The van der Waals surface area contributed by atoms with Crippen molar-refractivity contribution in [1.82, 2.24) is 5.16 Å². The lowest BCUT2D eigenvalue weighted by molar-refractivity contribution is 0.102. The molecule has 0 bridgehead atoms. The maximum atomic E-state index is 11.9. The van der Waals surface area contributed by atoms with Crippen molar-refractivity contribution in [2.75, 3.05) is 5.32 Å². The van der Waals surface area contributed by atoms with Gasteiger partial charge in [0.2, 0.25) is 0 Å². The summed E-state index contributed by atoms with van der Waals surface area (Å²) in [6, 6.07) is 5.28. The number of hydrogen-bond donors (Lipinski definition) is 1. The van der Waals surface area contributed by atoms with Crippen LogP contribution in [0.2, 0.25) is 5.02 Å². The van der Waals surface area contributed by atoms with Crippen molar-refractivity contribution in [2.45, 2.75) is 13.8 Å². The molecule has 0 unspecified atom stereocenters. The molecule has 0 saturated heterocycles. The maximum absolute atomic E-state index is 11.9. The molecule has 0 atom stereocenters. The van der Waals surface area contributed by atoms with E-state index >= 15 is 0 Å². The first-order valence-corrected chi connectivity index (χ1v) is 5.44. The largest absolute Gasteiger partial charge is 0.364 e. The third-order valence-electron chi connectivity index (χ3n) is 2.43. The van der Waals surface area contributed by atoms with Crippen LogP contribution >= 0.6 is 11.6 Å². The van der Waals surface area contributed by atoms with Crippen molar-refractivity contribution in [3.05, 3.63) is 46.3 Å². The first-order chi connectivity index (χ1) is 8.08. The van der Waals surface area contributed by atoms with Gasteiger partial charge >= 0.3 is 0 Å². The summed E-state index contributed by atoms with van der Waals surface area (Å²) < 4.78 is 4.72. The second-order valence-corrected chi connectivity index (χ2v) is 4.16. The predicted molar refractivity (Wildman–Crippen MR) is 65.4 cm³/mol. The minimum atomic E-state index is -0.242. The van der Waals surface area contributed by atoms with E-state index in [4.69, 9.17) is 16.1 Å². The average molecular weight is 251 g/mol. The number of halogens is 1. The van der Waals surface area contributed by atoms with Gasteiger partial charge in [-0.1, -0.05) is 16.8 Å². The van der Waals surface area contributed by atoms with Gasteiger partial charge in [0, 0.05) is 10.7 Å². The van der Waals surface area contributed by atoms with Gasteiger partial charge in [-0.25, -0.2) is 0 Å². The quantitative estimate of drug-likeness (QED) is 0.891. The highest BCUT2D eigenvalue weighted by Gasteiger charge is 2.13. The molecule has 0 spiro atoms. The molecule has 1 amide bonds. The molecule has 1 N–H and O–H groups in total. The summed E-state index contributed by atoms with van der Waals surface area (Å²) in [7, 11) is 0. The van der Waals surface area contributed by atoms with E-state index in [0.717, 1.165) is 11.3 Å². The Bertz CT molecular complexity index is 563. The van der Waals surface area contributed by atoms with E-state index < -0.39 is 0 Å². The molecule has 1 aromatic carbocycles. The van der Waals surface area contributed by atoms with E-state index in [1.807, 2.05) is 6.92 Å². The first-order valence-electron chi connectivity index (χ1n) is 5.06. The fourth-order valence-corrected chi connectivity index (χ4v) is 1.69. The number of rotatable bonds is 2. The number of carbonyl (C=O) groups excluding carboxylic acids is 1. The van der Waals surface area contributed by atoms with Crippen LogP contribution in [-0.4, -0.2) is 11.1 Å². The zero-order valence-electron chi connectivity index (χ0n) is 9.45. The molecule has 17 heavy (non-hydrogen) atoms. The zero-order chi connectivity index (χ0) is 12.4. The maximum Gasteiger partial charge on any atom is 0.260 e. The molecule has 2 aromatic rings. The van der Waals surface area contributed by atoms with Crippen molar-refractivity contribution < 1.29 is 9.32 Å². The molecule has 5 heteroatoms. The fourth-order valence-electron chi connectivity index (χ4n) is 1.47. The molecule has 4 nitrogen and oxygen atoms in total. The van der Waals surface area contributed by atoms with Crippen molar-refractivity contribution in [1.29, 1.82) is 0 Å². The third kappa shape index (κ3) is 2.47. The number of aromatic nitrogens is 1. The fraction of sp³-hybridized carbons (Fsp3) is 0.167. The van der Waals surface area contributed by atoms with Gasteiger partial charge in [0.25, 0.3) is 5.91 Å². The lowest BCUT2D eigenvalue weighted by atomic mass is 10.2. The number of anilines is 1. The van der Waals surface area contributed by atoms with E-state index in [9.17, 15) is 4.79 Å². The van der Waals surface area contributed by atoms with Gasteiger partial charge in [-0.15, -0.1) is 0 Å². The minimum absolute atomic E-state index is 0.242. The van der Waals surface area contributed by atoms with Gasteiger partial charge in [0.15, 0.2) is 0 Å². The van der Waals surface area contributed by atoms with Crippen LogP contribution in [0, 0.1) is 13.8 Å². The summed E-state index contributed by atoms with van der Waals surface area (Å²) >= 11 is 5.84. The van der Waals surface area contributed by atoms with Crippen LogP contribution in [0.15, 0.2) is 29.0 Å². The Hall–Kier alpha value is -1.81. The molecule has 0 fully saturated rings. The summed E-state index contributed by atoms with van der Waals surface area (Å²) in [5.41, 5.74) is 2.62. The molecule has 0 aliphatic rings. The number of nitrogens with zero attached hydrogens (tertiary/aromatic N) is 1. The highest BCUT2D eigenvalue weighted by molar-refractivity contribution is 6.30. The molecule has 2 rings (SSSR count). The molecule has 88 valence electrons. The summed E-state index contributed by atoms with van der Waals surface area (Å²) in [6.45, 7) is 3.59. The lowest BCUT2D eigenvalue weighted by Gasteiger charge is -2.07. The van der Waals surface area contributed by atoms with Gasteiger partial charge in [0.05, 0.1) is 5.69 Å². The molecule has 0 saturated carbocycles. The number of hydrogen-bond acceptors (Lipinski definition) is 3. The third-order valence-corrected chi connectivity index (χ3v) is 2.67. The van der Waals surface area contributed by atoms with E-state index in [1.54, 1.807) is 25.1 Å². The van der Waals surface area contributed by atoms with Crippen LogP contribution in [0.25, 0.3) is 0 Å². The number of aryl methyl sites for hydroxylation is 2. The van der Waals surface area contributed by atoms with Crippen molar-refractivity contribution in [3.8, 4) is 0 Å². The van der Waals surface area contributed by atoms with E-state index in [-0.39, 0.29) is 5.91 Å². The standard InChI is InChI=1S/C12H11ClN2O2/c1-7-5-9(13)3-4-11(7)14-12(16)10-6-17-15-8(10)2/h3-6H,1-2H3,(H,14,16). The van der Waals surface area contributed by atoms with Crippen LogP contribution in [0.1, 0.15) is 21.6 Å². The molecule has 0 aliphatic heterocycles. The summed E-state index contributed by atoms with van der Waals surface area (Å²) in [5, 5.41) is 7.08. The zero-order valence-corrected chi connectivity index (χ0v) is 10.2. The van der Waals surface area contributed by atoms with Crippen LogP contribution in [0.4, 0.5) is 5.69 Å². The number of benzene rings is 1. The number of amides is 1. The number of carbonyl (C=O) groups is 1. The summed E-state index contributed by atoms with van der Waals surface area (Å²) in [6.07, 6.45) is 1.33. The monoisotopic (exact) mass is 250 g/mol. The van der Waals surface area contributed by atoms with Crippen LogP contribution in [0.5, 0.6) is 0 Å². The van der Waals surface area contributed by atoms with Crippen LogP contribution in [0.3, 0.4) is 0 Å². The average Bonchev–Trinajstić information content (AvgIpc) is 2.68. The van der Waals surface area contributed by atoms with Crippen LogP contribution in [-0.2, 0) is 0 Å². The predicted octanol–water partition coefficient (Wildman–Crippen LogP) is 3.20. The van der Waals surface area contributed by atoms with Gasteiger partial charge < -0.3 is 9.84 Å². The van der Waals surface area contributed by atoms with Crippen molar-refractivity contribution in [2.24, 2.45) is 0 Å². The normalized spacial score (nSPS) is 10.3. The second-order valence-electron chi connectivity index (χ2n) is 3.73. The Morgan fingerprint density at radius 3 is 2.76 bits per heavy atom. The molecule has 1 heterocycles.